The Morgan fingerprint density at radius 3 is 2.67 bits per heavy atom. The molecule has 0 saturated heterocycles. The van der Waals surface area contributed by atoms with E-state index in [-0.39, 0.29) is 11.3 Å². The summed E-state index contributed by atoms with van der Waals surface area (Å²) >= 11 is 3.00. The number of aromatic carboxylic acids is 1. The standard InChI is InChI=1S/C7H6BrNO3/c1-9-5(7(11)12)3-2-4(8)6(9)10/h2-3H,1H3,(H,11,12). The number of nitrogens with zero attached hydrogens (tertiary/aromatic N) is 1. The van der Waals surface area contributed by atoms with Gasteiger partial charge in [0.05, 0.1) is 4.47 Å². The highest BCUT2D eigenvalue weighted by Gasteiger charge is 2.08. The molecule has 1 aromatic heterocycles. The number of hydrogen-bond acceptors (Lipinski definition) is 2. The fourth-order valence-electron chi connectivity index (χ4n) is 0.820. The summed E-state index contributed by atoms with van der Waals surface area (Å²) < 4.78 is 1.43. The first kappa shape index (κ1) is 8.99. The van der Waals surface area contributed by atoms with Crippen molar-refractivity contribution < 1.29 is 9.90 Å². The molecule has 0 saturated carbocycles. The Bertz CT molecular complexity index is 383. The minimum Gasteiger partial charge on any atom is -0.477 e. The SMILES string of the molecule is Cn1c(C(=O)O)ccc(Br)c1=O. The molecular weight excluding hydrogens is 226 g/mol. The molecule has 64 valence electrons. The normalized spacial score (nSPS) is 9.83. The lowest BCUT2D eigenvalue weighted by molar-refractivity contribution is 0.0685. The highest BCUT2D eigenvalue weighted by Crippen LogP contribution is 2.03. The third kappa shape index (κ3) is 1.40. The van der Waals surface area contributed by atoms with Crippen molar-refractivity contribution in [2.45, 2.75) is 0 Å². The topological polar surface area (TPSA) is 59.3 Å². The van der Waals surface area contributed by atoms with E-state index < -0.39 is 5.97 Å². The second kappa shape index (κ2) is 3.10. The summed E-state index contributed by atoms with van der Waals surface area (Å²) in [5.74, 6) is -1.11. The van der Waals surface area contributed by atoms with Crippen LogP contribution in [0.25, 0.3) is 0 Å². The van der Waals surface area contributed by atoms with Gasteiger partial charge in [-0.05, 0) is 28.1 Å². The maximum Gasteiger partial charge on any atom is 0.352 e. The molecule has 1 heterocycles. The number of hydrogen-bond donors (Lipinski definition) is 1. The van der Waals surface area contributed by atoms with Gasteiger partial charge >= 0.3 is 5.97 Å². The molecule has 0 fully saturated rings. The number of aromatic nitrogens is 1. The van der Waals surface area contributed by atoms with Crippen molar-refractivity contribution in [2.75, 3.05) is 0 Å². The summed E-state index contributed by atoms with van der Waals surface area (Å²) in [5.41, 5.74) is -0.377. The van der Waals surface area contributed by atoms with E-state index in [1.54, 1.807) is 0 Å². The Morgan fingerprint density at radius 1 is 1.58 bits per heavy atom. The maximum atomic E-state index is 11.1. The molecule has 0 aliphatic rings. The Balaban J connectivity index is 3.47. The largest absolute Gasteiger partial charge is 0.477 e. The summed E-state index contributed by atoms with van der Waals surface area (Å²) in [5, 5.41) is 8.61. The number of carbonyl (C=O) groups is 1. The first-order valence-corrected chi connectivity index (χ1v) is 3.92. The highest BCUT2D eigenvalue weighted by atomic mass is 79.9. The fourth-order valence-corrected chi connectivity index (χ4v) is 1.22. The van der Waals surface area contributed by atoms with Crippen molar-refractivity contribution in [3.8, 4) is 0 Å². The van der Waals surface area contributed by atoms with Gasteiger partial charge in [-0.25, -0.2) is 4.79 Å². The number of carboxylic acids is 1. The Morgan fingerprint density at radius 2 is 2.17 bits per heavy atom. The third-order valence-corrected chi connectivity index (χ3v) is 2.08. The van der Waals surface area contributed by atoms with Gasteiger partial charge < -0.3 is 9.67 Å². The summed E-state index contributed by atoms with van der Waals surface area (Å²) in [7, 11) is 1.41. The average molecular weight is 232 g/mol. The zero-order valence-corrected chi connectivity index (χ0v) is 7.83. The lowest BCUT2D eigenvalue weighted by atomic mass is 10.3. The molecule has 4 nitrogen and oxygen atoms in total. The zero-order valence-electron chi connectivity index (χ0n) is 6.24. The van der Waals surface area contributed by atoms with Crippen molar-refractivity contribution in [3.63, 3.8) is 0 Å². The molecule has 5 heteroatoms. The molecule has 1 N–H and O–H groups in total. The van der Waals surface area contributed by atoms with Crippen LogP contribution in [0.3, 0.4) is 0 Å². The van der Waals surface area contributed by atoms with E-state index in [4.69, 9.17) is 5.11 Å². The summed E-state index contributed by atoms with van der Waals surface area (Å²) in [6, 6.07) is 2.79. The van der Waals surface area contributed by atoms with Crippen LogP contribution in [0, 0.1) is 0 Å². The predicted octanol–water partition coefficient (Wildman–Crippen LogP) is 0.846. The van der Waals surface area contributed by atoms with Crippen LogP contribution in [0.4, 0.5) is 0 Å². The van der Waals surface area contributed by atoms with Crippen LogP contribution in [0.2, 0.25) is 0 Å². The van der Waals surface area contributed by atoms with Crippen molar-refractivity contribution in [1.82, 2.24) is 4.57 Å². The first-order chi connectivity index (χ1) is 5.54. The van der Waals surface area contributed by atoms with E-state index in [1.807, 2.05) is 0 Å². The summed E-state index contributed by atoms with van der Waals surface area (Å²) in [4.78, 5) is 21.7. The van der Waals surface area contributed by atoms with E-state index in [1.165, 1.54) is 19.2 Å². The van der Waals surface area contributed by atoms with Crippen molar-refractivity contribution in [1.29, 1.82) is 0 Å². The monoisotopic (exact) mass is 231 g/mol. The number of rotatable bonds is 1. The van der Waals surface area contributed by atoms with Crippen molar-refractivity contribution >= 4 is 21.9 Å². The number of carboxylic acid groups (broad SMARTS) is 1. The molecule has 1 rings (SSSR count). The van der Waals surface area contributed by atoms with E-state index in [0.29, 0.717) is 4.47 Å². The molecule has 0 bridgehead atoms. The lowest BCUT2D eigenvalue weighted by Crippen LogP contribution is -2.23. The minimum atomic E-state index is -1.11. The van der Waals surface area contributed by atoms with Gasteiger partial charge in [0.15, 0.2) is 0 Å². The van der Waals surface area contributed by atoms with Gasteiger partial charge in [-0.1, -0.05) is 0 Å². The molecule has 0 aliphatic heterocycles. The summed E-state index contributed by atoms with van der Waals surface area (Å²) in [6.07, 6.45) is 0. The molecule has 0 amide bonds. The Kier molecular flexibility index (Phi) is 2.32. The van der Waals surface area contributed by atoms with Crippen LogP contribution < -0.4 is 5.56 Å². The van der Waals surface area contributed by atoms with Crippen LogP contribution in [0.1, 0.15) is 10.5 Å². The fraction of sp³-hybridized carbons (Fsp3) is 0.143. The molecule has 1 aromatic rings. The molecule has 12 heavy (non-hydrogen) atoms. The van der Waals surface area contributed by atoms with Gasteiger partial charge in [0.1, 0.15) is 5.69 Å². The number of halogens is 1. The van der Waals surface area contributed by atoms with Gasteiger partial charge in [-0.2, -0.15) is 0 Å². The third-order valence-electron chi connectivity index (χ3n) is 1.48. The van der Waals surface area contributed by atoms with Gasteiger partial charge in [-0.15, -0.1) is 0 Å². The van der Waals surface area contributed by atoms with E-state index in [9.17, 15) is 9.59 Å². The second-order valence-corrected chi connectivity index (χ2v) is 3.09. The Hall–Kier alpha value is -1.10. The van der Waals surface area contributed by atoms with Crippen LogP contribution in [-0.4, -0.2) is 15.6 Å². The zero-order chi connectivity index (χ0) is 9.30. The maximum absolute atomic E-state index is 11.1. The molecule has 0 unspecified atom stereocenters. The molecule has 0 atom stereocenters. The van der Waals surface area contributed by atoms with Gasteiger partial charge in [0.25, 0.3) is 5.56 Å². The average Bonchev–Trinajstić information content (AvgIpc) is 2.00. The van der Waals surface area contributed by atoms with Gasteiger partial charge in [0, 0.05) is 7.05 Å². The number of pyridine rings is 1. The van der Waals surface area contributed by atoms with Gasteiger partial charge in [-0.3, -0.25) is 4.79 Å². The first-order valence-electron chi connectivity index (χ1n) is 3.13. The smallest absolute Gasteiger partial charge is 0.352 e. The van der Waals surface area contributed by atoms with Crippen molar-refractivity contribution in [3.05, 3.63) is 32.7 Å². The van der Waals surface area contributed by atoms with E-state index >= 15 is 0 Å². The summed E-state index contributed by atoms with van der Waals surface area (Å²) in [6.45, 7) is 0. The van der Waals surface area contributed by atoms with E-state index in [2.05, 4.69) is 15.9 Å². The molecule has 0 radical (unpaired) electrons. The minimum absolute atomic E-state index is 0.0248. The quantitative estimate of drug-likeness (QED) is 0.780. The van der Waals surface area contributed by atoms with Crippen LogP contribution in [0.15, 0.2) is 21.4 Å². The van der Waals surface area contributed by atoms with Crippen LogP contribution in [0.5, 0.6) is 0 Å². The Labute approximate surface area is 76.6 Å². The van der Waals surface area contributed by atoms with E-state index in [0.717, 1.165) is 4.57 Å². The van der Waals surface area contributed by atoms with Crippen molar-refractivity contribution in [2.24, 2.45) is 7.05 Å². The lowest BCUT2D eigenvalue weighted by Gasteiger charge is -2.02. The predicted molar refractivity (Wildman–Crippen MR) is 46.3 cm³/mol. The highest BCUT2D eigenvalue weighted by molar-refractivity contribution is 9.10. The van der Waals surface area contributed by atoms with Crippen LogP contribution >= 0.6 is 15.9 Å². The molecule has 0 aromatic carbocycles. The van der Waals surface area contributed by atoms with Crippen LogP contribution in [-0.2, 0) is 7.05 Å². The molecule has 0 spiro atoms. The molecule has 0 aliphatic carbocycles. The molecular formula is C7H6BrNO3. The second-order valence-electron chi connectivity index (χ2n) is 2.24. The van der Waals surface area contributed by atoms with Gasteiger partial charge in [0.2, 0.25) is 0 Å².